The van der Waals surface area contributed by atoms with Crippen molar-refractivity contribution in [2.45, 2.75) is 52.5 Å². The second kappa shape index (κ2) is 6.21. The standard InChI is InChI=1S/C16H24BrN/c1-13-10-14(6-7-15(13)17)11-18-12-16(2)8-4-3-5-9-16/h6-7,10,18H,3-5,8-9,11-12H2,1-2H3. The van der Waals surface area contributed by atoms with Crippen LogP contribution in [-0.2, 0) is 6.54 Å². The Bertz CT molecular complexity index is 394. The molecule has 0 radical (unpaired) electrons. The molecule has 1 aliphatic rings. The van der Waals surface area contributed by atoms with Crippen LogP contribution in [0.15, 0.2) is 22.7 Å². The van der Waals surface area contributed by atoms with E-state index in [2.05, 4.69) is 53.3 Å². The highest BCUT2D eigenvalue weighted by Gasteiger charge is 2.25. The molecular weight excluding hydrogens is 286 g/mol. The Kier molecular flexibility index (Phi) is 4.85. The highest BCUT2D eigenvalue weighted by Crippen LogP contribution is 2.34. The van der Waals surface area contributed by atoms with E-state index in [0.717, 1.165) is 13.1 Å². The summed E-state index contributed by atoms with van der Waals surface area (Å²) in [7, 11) is 0. The number of aryl methyl sites for hydroxylation is 1. The van der Waals surface area contributed by atoms with E-state index in [-0.39, 0.29) is 0 Å². The molecule has 100 valence electrons. The average molecular weight is 310 g/mol. The van der Waals surface area contributed by atoms with Gasteiger partial charge in [0.1, 0.15) is 0 Å². The molecule has 0 amide bonds. The fourth-order valence-corrected chi connectivity index (χ4v) is 3.15. The lowest BCUT2D eigenvalue weighted by molar-refractivity contribution is 0.207. The molecule has 0 bridgehead atoms. The van der Waals surface area contributed by atoms with Gasteiger partial charge in [0.2, 0.25) is 0 Å². The Morgan fingerprint density at radius 2 is 1.94 bits per heavy atom. The first-order valence-corrected chi connectivity index (χ1v) is 7.84. The zero-order valence-electron chi connectivity index (χ0n) is 11.6. The normalized spacial score (nSPS) is 18.8. The Morgan fingerprint density at radius 3 is 2.61 bits per heavy atom. The van der Waals surface area contributed by atoms with E-state index in [4.69, 9.17) is 0 Å². The smallest absolute Gasteiger partial charge is 0.0205 e. The quantitative estimate of drug-likeness (QED) is 0.841. The van der Waals surface area contributed by atoms with Crippen molar-refractivity contribution in [1.82, 2.24) is 5.32 Å². The highest BCUT2D eigenvalue weighted by molar-refractivity contribution is 9.10. The zero-order valence-corrected chi connectivity index (χ0v) is 13.1. The molecule has 0 atom stereocenters. The average Bonchev–Trinajstić information content (AvgIpc) is 2.34. The number of benzene rings is 1. The second-order valence-electron chi connectivity index (χ2n) is 6.06. The van der Waals surface area contributed by atoms with E-state index < -0.39 is 0 Å². The minimum atomic E-state index is 0.530. The maximum Gasteiger partial charge on any atom is 0.0205 e. The Hall–Kier alpha value is -0.340. The summed E-state index contributed by atoms with van der Waals surface area (Å²) in [5.74, 6) is 0. The van der Waals surface area contributed by atoms with Crippen molar-refractivity contribution in [2.24, 2.45) is 5.41 Å². The van der Waals surface area contributed by atoms with Crippen LogP contribution in [0.25, 0.3) is 0 Å². The van der Waals surface area contributed by atoms with Gasteiger partial charge < -0.3 is 5.32 Å². The van der Waals surface area contributed by atoms with Crippen LogP contribution in [0, 0.1) is 12.3 Å². The molecule has 1 aromatic rings. The van der Waals surface area contributed by atoms with Crippen LogP contribution in [-0.4, -0.2) is 6.54 Å². The molecule has 1 fully saturated rings. The van der Waals surface area contributed by atoms with Crippen molar-refractivity contribution in [3.05, 3.63) is 33.8 Å². The van der Waals surface area contributed by atoms with E-state index >= 15 is 0 Å². The number of hydrogen-bond acceptors (Lipinski definition) is 1. The molecule has 0 saturated heterocycles. The van der Waals surface area contributed by atoms with Crippen LogP contribution in [0.3, 0.4) is 0 Å². The van der Waals surface area contributed by atoms with Gasteiger partial charge in [0, 0.05) is 17.6 Å². The fraction of sp³-hybridized carbons (Fsp3) is 0.625. The summed E-state index contributed by atoms with van der Waals surface area (Å²) in [5.41, 5.74) is 3.23. The molecule has 0 unspecified atom stereocenters. The van der Waals surface area contributed by atoms with Gasteiger partial charge in [-0.15, -0.1) is 0 Å². The summed E-state index contributed by atoms with van der Waals surface area (Å²) >= 11 is 3.55. The molecular formula is C16H24BrN. The van der Waals surface area contributed by atoms with E-state index in [1.165, 1.54) is 47.7 Å². The van der Waals surface area contributed by atoms with Crippen molar-refractivity contribution < 1.29 is 0 Å². The fourth-order valence-electron chi connectivity index (χ4n) is 2.91. The first-order chi connectivity index (χ1) is 8.59. The van der Waals surface area contributed by atoms with Crippen LogP contribution >= 0.6 is 15.9 Å². The van der Waals surface area contributed by atoms with Crippen molar-refractivity contribution in [3.8, 4) is 0 Å². The van der Waals surface area contributed by atoms with Gasteiger partial charge in [0.15, 0.2) is 0 Å². The van der Waals surface area contributed by atoms with E-state index in [9.17, 15) is 0 Å². The molecule has 1 aliphatic carbocycles. The van der Waals surface area contributed by atoms with Gasteiger partial charge in [-0.2, -0.15) is 0 Å². The molecule has 1 N–H and O–H groups in total. The third-order valence-corrected chi connectivity index (χ3v) is 5.05. The lowest BCUT2D eigenvalue weighted by Crippen LogP contribution is -2.33. The summed E-state index contributed by atoms with van der Waals surface area (Å²) in [5, 5.41) is 3.64. The topological polar surface area (TPSA) is 12.0 Å². The molecule has 0 heterocycles. The van der Waals surface area contributed by atoms with Crippen molar-refractivity contribution in [2.75, 3.05) is 6.54 Å². The van der Waals surface area contributed by atoms with Crippen LogP contribution in [0.5, 0.6) is 0 Å². The highest BCUT2D eigenvalue weighted by atomic mass is 79.9. The lowest BCUT2D eigenvalue weighted by atomic mass is 9.76. The molecule has 1 nitrogen and oxygen atoms in total. The lowest BCUT2D eigenvalue weighted by Gasteiger charge is -2.33. The molecule has 18 heavy (non-hydrogen) atoms. The van der Waals surface area contributed by atoms with Crippen molar-refractivity contribution in [3.63, 3.8) is 0 Å². The Labute approximate surface area is 119 Å². The molecule has 2 rings (SSSR count). The Morgan fingerprint density at radius 1 is 1.22 bits per heavy atom. The Balaban J connectivity index is 1.82. The van der Waals surface area contributed by atoms with E-state index in [1.54, 1.807) is 0 Å². The summed E-state index contributed by atoms with van der Waals surface area (Å²) in [6, 6.07) is 6.61. The monoisotopic (exact) mass is 309 g/mol. The summed E-state index contributed by atoms with van der Waals surface area (Å²) in [4.78, 5) is 0. The zero-order chi connectivity index (χ0) is 13.0. The van der Waals surface area contributed by atoms with Gasteiger partial charge in [0.05, 0.1) is 0 Å². The van der Waals surface area contributed by atoms with Gasteiger partial charge >= 0.3 is 0 Å². The minimum absolute atomic E-state index is 0.530. The summed E-state index contributed by atoms with van der Waals surface area (Å²) in [6.45, 7) is 6.73. The number of halogens is 1. The predicted molar refractivity (Wildman–Crippen MR) is 81.8 cm³/mol. The van der Waals surface area contributed by atoms with Gasteiger partial charge in [-0.05, 0) is 42.4 Å². The van der Waals surface area contributed by atoms with Gasteiger partial charge in [-0.3, -0.25) is 0 Å². The number of hydrogen-bond donors (Lipinski definition) is 1. The van der Waals surface area contributed by atoms with Crippen molar-refractivity contribution >= 4 is 15.9 Å². The molecule has 1 aromatic carbocycles. The molecule has 0 spiro atoms. The first kappa shape index (κ1) is 14.1. The summed E-state index contributed by atoms with van der Waals surface area (Å²) in [6.07, 6.45) is 7.03. The van der Waals surface area contributed by atoms with E-state index in [0.29, 0.717) is 5.41 Å². The third-order valence-electron chi connectivity index (χ3n) is 4.16. The van der Waals surface area contributed by atoms with Crippen LogP contribution in [0.1, 0.15) is 50.2 Å². The van der Waals surface area contributed by atoms with Crippen LogP contribution < -0.4 is 5.32 Å². The first-order valence-electron chi connectivity index (χ1n) is 7.05. The van der Waals surface area contributed by atoms with Crippen molar-refractivity contribution in [1.29, 1.82) is 0 Å². The molecule has 2 heteroatoms. The van der Waals surface area contributed by atoms with Gasteiger partial charge in [-0.25, -0.2) is 0 Å². The molecule has 0 aromatic heterocycles. The summed E-state index contributed by atoms with van der Waals surface area (Å²) < 4.78 is 1.20. The third kappa shape index (κ3) is 3.83. The van der Waals surface area contributed by atoms with E-state index in [1.807, 2.05) is 0 Å². The number of nitrogens with one attached hydrogen (secondary N) is 1. The largest absolute Gasteiger partial charge is 0.312 e. The number of rotatable bonds is 4. The van der Waals surface area contributed by atoms with Gasteiger partial charge in [0.25, 0.3) is 0 Å². The maximum atomic E-state index is 3.64. The van der Waals surface area contributed by atoms with Crippen LogP contribution in [0.2, 0.25) is 0 Å². The minimum Gasteiger partial charge on any atom is -0.312 e. The van der Waals surface area contributed by atoms with Gasteiger partial charge in [-0.1, -0.05) is 54.2 Å². The maximum absolute atomic E-state index is 3.64. The predicted octanol–water partition coefficient (Wildman–Crippen LogP) is 4.82. The SMILES string of the molecule is Cc1cc(CNCC2(C)CCCCC2)ccc1Br. The van der Waals surface area contributed by atoms with Crippen LogP contribution in [0.4, 0.5) is 0 Å². The molecule has 1 saturated carbocycles. The second-order valence-corrected chi connectivity index (χ2v) is 6.91. The molecule has 0 aliphatic heterocycles.